The monoisotopic (exact) mass is 569 g/mol. The average molecular weight is 570 g/mol. The molecule has 2 aromatic heterocycles. The molecule has 0 bridgehead atoms. The fourth-order valence-corrected chi connectivity index (χ4v) is 6.02. The van der Waals surface area contributed by atoms with Crippen LogP contribution in [0, 0.1) is 0 Å². The molecule has 10 nitrogen and oxygen atoms in total. The van der Waals surface area contributed by atoms with Gasteiger partial charge in [0.2, 0.25) is 0 Å². The lowest BCUT2D eigenvalue weighted by Crippen LogP contribution is -2.53. The highest BCUT2D eigenvalue weighted by Crippen LogP contribution is 2.37. The molecular formula is C32H39N7O3. The second-order valence-electron chi connectivity index (χ2n) is 12.2. The molecule has 1 aliphatic carbocycles. The summed E-state index contributed by atoms with van der Waals surface area (Å²) in [5.41, 5.74) is 8.41. The number of amides is 1. The first kappa shape index (κ1) is 28.0. The lowest BCUT2D eigenvalue weighted by Gasteiger charge is -2.42. The van der Waals surface area contributed by atoms with E-state index in [1.54, 1.807) is 0 Å². The third-order valence-corrected chi connectivity index (χ3v) is 8.12. The third-order valence-electron chi connectivity index (χ3n) is 8.12. The van der Waals surface area contributed by atoms with Crippen LogP contribution in [0.2, 0.25) is 0 Å². The fourth-order valence-electron chi connectivity index (χ4n) is 6.02. The first-order chi connectivity index (χ1) is 20.2. The number of hydrogen-bond acceptors (Lipinski definition) is 8. The number of hydrogen-bond donors (Lipinski definition) is 1. The molecular weight excluding hydrogens is 530 g/mol. The van der Waals surface area contributed by atoms with Gasteiger partial charge in [-0.25, -0.2) is 19.4 Å². The Labute approximate surface area is 246 Å². The minimum atomic E-state index is -0.473. The predicted octanol–water partition coefficient (Wildman–Crippen LogP) is 5.90. The Kier molecular flexibility index (Phi) is 7.72. The minimum Gasteiger partial charge on any atom is -0.457 e. The zero-order valence-corrected chi connectivity index (χ0v) is 24.6. The number of piperazine rings is 1. The van der Waals surface area contributed by atoms with Crippen LogP contribution in [0.4, 0.5) is 10.6 Å². The number of benzene rings is 2. The number of anilines is 1. The SMILES string of the molecule is CC(C)(C)OC(=O)N1CCN(C2CCC(n3nc(-c4ccc(Oc5ccccc5)cc4)c4c(N)ncnc43)CC2)CC1. The van der Waals surface area contributed by atoms with Crippen molar-refractivity contribution in [1.29, 1.82) is 0 Å². The molecule has 42 heavy (non-hydrogen) atoms. The van der Waals surface area contributed by atoms with Crippen LogP contribution in [-0.4, -0.2) is 73.5 Å². The summed E-state index contributed by atoms with van der Waals surface area (Å²) in [4.78, 5) is 25.7. The van der Waals surface area contributed by atoms with Crippen LogP contribution in [-0.2, 0) is 4.74 Å². The molecule has 2 fully saturated rings. The number of carbonyl (C=O) groups is 1. The summed E-state index contributed by atoms with van der Waals surface area (Å²) in [6, 6.07) is 18.4. The van der Waals surface area contributed by atoms with Crippen LogP contribution in [0.3, 0.4) is 0 Å². The van der Waals surface area contributed by atoms with Gasteiger partial charge in [0.05, 0.1) is 11.4 Å². The smallest absolute Gasteiger partial charge is 0.410 e. The third kappa shape index (κ3) is 6.04. The van der Waals surface area contributed by atoms with E-state index in [1.165, 1.54) is 6.33 Å². The van der Waals surface area contributed by atoms with E-state index in [0.29, 0.717) is 24.9 Å². The highest BCUT2D eigenvalue weighted by Gasteiger charge is 2.33. The number of carbonyl (C=O) groups excluding carboxylic acids is 1. The lowest BCUT2D eigenvalue weighted by molar-refractivity contribution is 0.00726. The van der Waals surface area contributed by atoms with Crippen LogP contribution in [0.1, 0.15) is 52.5 Å². The summed E-state index contributed by atoms with van der Waals surface area (Å²) in [6.45, 7) is 8.87. The van der Waals surface area contributed by atoms with Crippen LogP contribution in [0.15, 0.2) is 60.9 Å². The van der Waals surface area contributed by atoms with Gasteiger partial charge in [0.15, 0.2) is 5.65 Å². The largest absolute Gasteiger partial charge is 0.457 e. The van der Waals surface area contributed by atoms with Crippen LogP contribution in [0.5, 0.6) is 11.5 Å². The van der Waals surface area contributed by atoms with Crippen molar-refractivity contribution in [1.82, 2.24) is 29.5 Å². The van der Waals surface area contributed by atoms with E-state index in [0.717, 1.165) is 72.6 Å². The summed E-state index contributed by atoms with van der Waals surface area (Å²) in [6.07, 6.45) is 5.44. The van der Waals surface area contributed by atoms with Gasteiger partial charge < -0.3 is 20.1 Å². The Balaban J connectivity index is 1.13. The summed E-state index contributed by atoms with van der Waals surface area (Å²) in [7, 11) is 0. The molecule has 1 saturated carbocycles. The van der Waals surface area contributed by atoms with Gasteiger partial charge >= 0.3 is 6.09 Å². The van der Waals surface area contributed by atoms with E-state index < -0.39 is 5.60 Å². The van der Waals surface area contributed by atoms with Gasteiger partial charge in [0.1, 0.15) is 34.9 Å². The zero-order valence-electron chi connectivity index (χ0n) is 24.6. The van der Waals surface area contributed by atoms with Crippen LogP contribution < -0.4 is 10.5 Å². The first-order valence-electron chi connectivity index (χ1n) is 14.8. The Morgan fingerprint density at radius 3 is 2.17 bits per heavy atom. The molecule has 1 amide bonds. The molecule has 0 radical (unpaired) electrons. The molecule has 2 aliphatic rings. The van der Waals surface area contributed by atoms with Gasteiger partial charge in [0, 0.05) is 37.8 Å². The molecule has 10 heteroatoms. The summed E-state index contributed by atoms with van der Waals surface area (Å²) >= 11 is 0. The van der Waals surface area contributed by atoms with Crippen molar-refractivity contribution < 1.29 is 14.3 Å². The van der Waals surface area contributed by atoms with Crippen molar-refractivity contribution in [2.45, 2.75) is 64.1 Å². The standard InChI is InChI=1S/C32H39N7O3/c1-32(2,3)42-31(40)38-19-17-37(18-20-38)23-11-13-24(14-12-23)39-30-27(29(33)34-21-35-30)28(36-39)22-9-15-26(16-10-22)41-25-7-5-4-6-8-25/h4-10,15-16,21,23-24H,11-14,17-20H2,1-3H3,(H2,33,34,35). The van der Waals surface area contributed by atoms with Gasteiger partial charge in [0.25, 0.3) is 0 Å². The number of fused-ring (bicyclic) bond motifs is 1. The van der Waals surface area contributed by atoms with Gasteiger partial charge in [-0.05, 0) is 82.9 Å². The minimum absolute atomic E-state index is 0.216. The van der Waals surface area contributed by atoms with Crippen molar-refractivity contribution >= 4 is 22.9 Å². The molecule has 0 atom stereocenters. The number of para-hydroxylation sites is 1. The van der Waals surface area contributed by atoms with Crippen molar-refractivity contribution in [2.24, 2.45) is 0 Å². The Morgan fingerprint density at radius 2 is 1.50 bits per heavy atom. The fraction of sp³-hybridized carbons (Fsp3) is 0.438. The van der Waals surface area contributed by atoms with Crippen molar-refractivity contribution in [2.75, 3.05) is 31.9 Å². The van der Waals surface area contributed by atoms with Crippen molar-refractivity contribution in [3.8, 4) is 22.8 Å². The van der Waals surface area contributed by atoms with Gasteiger partial charge in [-0.1, -0.05) is 18.2 Å². The van der Waals surface area contributed by atoms with Gasteiger partial charge in [-0.15, -0.1) is 0 Å². The summed E-state index contributed by atoms with van der Waals surface area (Å²) in [5.74, 6) is 1.98. The normalized spacial score (nSPS) is 20.0. The highest BCUT2D eigenvalue weighted by atomic mass is 16.6. The van der Waals surface area contributed by atoms with E-state index in [4.69, 9.17) is 20.3 Å². The Bertz CT molecular complexity index is 1520. The number of rotatable bonds is 5. The van der Waals surface area contributed by atoms with E-state index in [-0.39, 0.29) is 12.1 Å². The first-order valence-corrected chi connectivity index (χ1v) is 14.8. The molecule has 2 aromatic carbocycles. The Morgan fingerprint density at radius 1 is 0.857 bits per heavy atom. The second-order valence-corrected chi connectivity index (χ2v) is 12.2. The quantitative estimate of drug-likeness (QED) is 0.316. The molecule has 1 aliphatic heterocycles. The maximum atomic E-state index is 12.5. The molecule has 2 N–H and O–H groups in total. The van der Waals surface area contributed by atoms with E-state index in [2.05, 4.69) is 19.5 Å². The van der Waals surface area contributed by atoms with Gasteiger partial charge in [-0.3, -0.25) is 4.90 Å². The van der Waals surface area contributed by atoms with E-state index >= 15 is 0 Å². The maximum absolute atomic E-state index is 12.5. The number of aromatic nitrogens is 4. The molecule has 1 saturated heterocycles. The topological polar surface area (TPSA) is 112 Å². The predicted molar refractivity (Wildman–Crippen MR) is 162 cm³/mol. The van der Waals surface area contributed by atoms with E-state index in [9.17, 15) is 4.79 Å². The molecule has 0 unspecified atom stereocenters. The second kappa shape index (κ2) is 11.6. The molecule has 0 spiro atoms. The lowest BCUT2D eigenvalue weighted by atomic mass is 9.90. The highest BCUT2D eigenvalue weighted by molar-refractivity contribution is 5.98. The number of nitrogens with zero attached hydrogens (tertiary/aromatic N) is 6. The maximum Gasteiger partial charge on any atom is 0.410 e. The van der Waals surface area contributed by atoms with Crippen molar-refractivity contribution in [3.63, 3.8) is 0 Å². The van der Waals surface area contributed by atoms with Crippen molar-refractivity contribution in [3.05, 3.63) is 60.9 Å². The van der Waals surface area contributed by atoms with Gasteiger partial charge in [-0.2, -0.15) is 5.10 Å². The summed E-state index contributed by atoms with van der Waals surface area (Å²) in [5, 5.41) is 5.86. The number of nitrogens with two attached hydrogens (primary N) is 1. The van der Waals surface area contributed by atoms with Crippen LogP contribution in [0.25, 0.3) is 22.3 Å². The van der Waals surface area contributed by atoms with E-state index in [1.807, 2.05) is 80.3 Å². The molecule has 4 aromatic rings. The Hall–Kier alpha value is -4.18. The average Bonchev–Trinajstić information content (AvgIpc) is 3.38. The molecule has 6 rings (SSSR count). The summed E-state index contributed by atoms with van der Waals surface area (Å²) < 4.78 is 13.6. The molecule has 220 valence electrons. The number of nitrogen functional groups attached to an aromatic ring is 1. The zero-order chi connectivity index (χ0) is 29.3. The number of ether oxygens (including phenoxy) is 2. The molecule has 3 heterocycles. The van der Waals surface area contributed by atoms with Crippen LogP contribution >= 0.6 is 0 Å².